The third kappa shape index (κ3) is 3.06. The fraction of sp³-hybridized carbons (Fsp3) is 0.0556. The van der Waals surface area contributed by atoms with Crippen LogP contribution in [0.5, 0.6) is 0 Å². The predicted octanol–water partition coefficient (Wildman–Crippen LogP) is 3.98. The summed E-state index contributed by atoms with van der Waals surface area (Å²) in [6.07, 6.45) is 1.76. The first-order chi connectivity index (χ1) is 12.0. The van der Waals surface area contributed by atoms with E-state index in [1.807, 2.05) is 31.2 Å². The van der Waals surface area contributed by atoms with Gasteiger partial charge < -0.3 is 0 Å². The molecular formula is C18H11Cl2N3OS. The van der Waals surface area contributed by atoms with Crippen LogP contribution in [0.4, 0.5) is 0 Å². The molecule has 4 aromatic rings. The second-order valence-electron chi connectivity index (χ2n) is 5.59. The highest BCUT2D eigenvalue weighted by atomic mass is 35.5. The summed E-state index contributed by atoms with van der Waals surface area (Å²) in [5, 5.41) is 5.27. The van der Waals surface area contributed by atoms with Crippen molar-refractivity contribution in [2.75, 3.05) is 0 Å². The third-order valence-corrected chi connectivity index (χ3v) is 5.43. The van der Waals surface area contributed by atoms with Gasteiger partial charge in [0.25, 0.3) is 5.56 Å². The molecule has 0 N–H and O–H groups in total. The molecule has 2 heterocycles. The van der Waals surface area contributed by atoms with Crippen molar-refractivity contribution in [1.82, 2.24) is 14.6 Å². The Kier molecular flexibility index (Phi) is 4.07. The number of rotatable bonds is 2. The lowest BCUT2D eigenvalue weighted by Gasteiger charge is -1.96. The molecule has 0 saturated heterocycles. The fourth-order valence-corrected chi connectivity index (χ4v) is 3.63. The van der Waals surface area contributed by atoms with E-state index in [4.69, 9.17) is 23.2 Å². The molecule has 124 valence electrons. The van der Waals surface area contributed by atoms with Crippen LogP contribution in [0.1, 0.15) is 11.1 Å². The molecule has 0 fully saturated rings. The third-order valence-electron chi connectivity index (χ3n) is 3.73. The van der Waals surface area contributed by atoms with E-state index < -0.39 is 0 Å². The highest BCUT2D eigenvalue weighted by molar-refractivity contribution is 7.15. The molecule has 0 unspecified atom stereocenters. The van der Waals surface area contributed by atoms with E-state index in [-0.39, 0.29) is 5.56 Å². The minimum absolute atomic E-state index is 0.197. The van der Waals surface area contributed by atoms with Gasteiger partial charge in [-0.1, -0.05) is 70.4 Å². The zero-order chi connectivity index (χ0) is 17.6. The maximum atomic E-state index is 12.6. The molecule has 2 aromatic heterocycles. The van der Waals surface area contributed by atoms with Crippen molar-refractivity contribution >= 4 is 45.6 Å². The molecule has 0 aliphatic rings. The molecule has 0 spiro atoms. The van der Waals surface area contributed by atoms with Gasteiger partial charge in [-0.2, -0.15) is 9.50 Å². The monoisotopic (exact) mass is 387 g/mol. The van der Waals surface area contributed by atoms with E-state index in [1.54, 1.807) is 24.3 Å². The summed E-state index contributed by atoms with van der Waals surface area (Å²) in [5.41, 5.74) is 2.65. The van der Waals surface area contributed by atoms with Gasteiger partial charge in [-0.05, 0) is 30.7 Å². The molecule has 2 aromatic carbocycles. The minimum atomic E-state index is -0.197. The van der Waals surface area contributed by atoms with Crippen molar-refractivity contribution in [3.63, 3.8) is 0 Å². The van der Waals surface area contributed by atoms with E-state index in [0.29, 0.717) is 25.4 Å². The van der Waals surface area contributed by atoms with Crippen LogP contribution in [0, 0.1) is 6.92 Å². The van der Waals surface area contributed by atoms with Crippen LogP contribution < -0.4 is 10.1 Å². The average molecular weight is 388 g/mol. The quantitative estimate of drug-likeness (QED) is 0.522. The number of halogens is 2. The summed E-state index contributed by atoms with van der Waals surface area (Å²) in [5.74, 6) is 0.546. The SMILES string of the molecule is Cc1ccc(-c2nc3s/c(=C\c4ccc(Cl)c(Cl)c4)c(=O)n3n2)cc1. The molecule has 7 heteroatoms. The van der Waals surface area contributed by atoms with Crippen LogP contribution in [0.2, 0.25) is 10.0 Å². The van der Waals surface area contributed by atoms with E-state index in [1.165, 1.54) is 15.9 Å². The summed E-state index contributed by atoms with van der Waals surface area (Å²) < 4.78 is 1.88. The van der Waals surface area contributed by atoms with Crippen LogP contribution in [0.15, 0.2) is 47.3 Å². The summed E-state index contributed by atoms with van der Waals surface area (Å²) in [6.45, 7) is 2.02. The van der Waals surface area contributed by atoms with E-state index in [0.717, 1.165) is 16.7 Å². The van der Waals surface area contributed by atoms with Gasteiger partial charge in [0.1, 0.15) is 0 Å². The van der Waals surface area contributed by atoms with Crippen molar-refractivity contribution in [3.8, 4) is 11.4 Å². The molecular weight excluding hydrogens is 377 g/mol. The highest BCUT2D eigenvalue weighted by Gasteiger charge is 2.12. The molecule has 0 aliphatic carbocycles. The molecule has 0 amide bonds. The minimum Gasteiger partial charge on any atom is -0.266 e. The summed E-state index contributed by atoms with van der Waals surface area (Å²) in [4.78, 5) is 17.6. The standard InChI is InChI=1S/C18H11Cl2N3OS/c1-10-2-5-12(6-3-10)16-21-18-23(22-16)17(24)15(25-18)9-11-4-7-13(19)14(20)8-11/h2-9H,1H3/b15-9-. The normalized spacial score (nSPS) is 12.2. The first-order valence-electron chi connectivity index (χ1n) is 7.45. The average Bonchev–Trinajstić information content (AvgIpc) is 3.12. The molecule has 0 aliphatic heterocycles. The molecule has 4 nitrogen and oxygen atoms in total. The molecule has 0 saturated carbocycles. The van der Waals surface area contributed by atoms with Gasteiger partial charge >= 0.3 is 0 Å². The molecule has 4 rings (SSSR count). The van der Waals surface area contributed by atoms with Crippen molar-refractivity contribution < 1.29 is 0 Å². The van der Waals surface area contributed by atoms with E-state index >= 15 is 0 Å². The van der Waals surface area contributed by atoms with Gasteiger partial charge in [-0.3, -0.25) is 4.79 Å². The molecule has 0 bridgehead atoms. The Morgan fingerprint density at radius 3 is 2.52 bits per heavy atom. The largest absolute Gasteiger partial charge is 0.291 e. The van der Waals surface area contributed by atoms with Gasteiger partial charge in [-0.15, -0.1) is 5.10 Å². The highest BCUT2D eigenvalue weighted by Crippen LogP contribution is 2.23. The zero-order valence-corrected chi connectivity index (χ0v) is 15.4. The van der Waals surface area contributed by atoms with Crippen LogP contribution in [0.3, 0.4) is 0 Å². The number of benzene rings is 2. The molecule has 25 heavy (non-hydrogen) atoms. The Hall–Kier alpha value is -2.21. The number of fused-ring (bicyclic) bond motifs is 1. The predicted molar refractivity (Wildman–Crippen MR) is 103 cm³/mol. The van der Waals surface area contributed by atoms with Crippen molar-refractivity contribution in [1.29, 1.82) is 0 Å². The number of thiazole rings is 1. The van der Waals surface area contributed by atoms with Crippen LogP contribution in [-0.4, -0.2) is 14.6 Å². The maximum Gasteiger partial charge on any atom is 0.291 e. The van der Waals surface area contributed by atoms with E-state index in [2.05, 4.69) is 10.1 Å². The lowest BCUT2D eigenvalue weighted by molar-refractivity contribution is 0.937. The number of hydrogen-bond acceptors (Lipinski definition) is 4. The van der Waals surface area contributed by atoms with Gasteiger partial charge in [-0.25, -0.2) is 0 Å². The summed E-state index contributed by atoms with van der Waals surface area (Å²) >= 11 is 13.2. The van der Waals surface area contributed by atoms with Gasteiger partial charge in [0, 0.05) is 5.56 Å². The first kappa shape index (κ1) is 16.3. The first-order valence-corrected chi connectivity index (χ1v) is 9.02. The van der Waals surface area contributed by atoms with Crippen LogP contribution in [-0.2, 0) is 0 Å². The Balaban J connectivity index is 1.80. The maximum absolute atomic E-state index is 12.6. The van der Waals surface area contributed by atoms with Crippen molar-refractivity contribution in [2.24, 2.45) is 0 Å². The van der Waals surface area contributed by atoms with Crippen molar-refractivity contribution in [2.45, 2.75) is 6.92 Å². The fourth-order valence-electron chi connectivity index (χ4n) is 2.41. The lowest BCUT2D eigenvalue weighted by Crippen LogP contribution is -2.23. The van der Waals surface area contributed by atoms with Gasteiger partial charge in [0.15, 0.2) is 5.82 Å². The number of aromatic nitrogens is 3. The van der Waals surface area contributed by atoms with Gasteiger partial charge in [0.05, 0.1) is 14.6 Å². The molecule has 0 atom stereocenters. The summed E-state index contributed by atoms with van der Waals surface area (Å²) in [7, 11) is 0. The number of hydrogen-bond donors (Lipinski definition) is 0. The lowest BCUT2D eigenvalue weighted by atomic mass is 10.1. The Morgan fingerprint density at radius 1 is 1.08 bits per heavy atom. The topological polar surface area (TPSA) is 47.3 Å². The van der Waals surface area contributed by atoms with E-state index in [9.17, 15) is 4.79 Å². The Morgan fingerprint density at radius 2 is 1.84 bits per heavy atom. The second kappa shape index (κ2) is 6.26. The van der Waals surface area contributed by atoms with Gasteiger partial charge in [0.2, 0.25) is 4.96 Å². The number of nitrogens with zero attached hydrogens (tertiary/aromatic N) is 3. The smallest absolute Gasteiger partial charge is 0.266 e. The Labute approximate surface area is 157 Å². The zero-order valence-electron chi connectivity index (χ0n) is 13.0. The van der Waals surface area contributed by atoms with Crippen molar-refractivity contribution in [3.05, 3.63) is 78.5 Å². The second-order valence-corrected chi connectivity index (χ2v) is 7.41. The Bertz CT molecular complexity index is 1200. The summed E-state index contributed by atoms with van der Waals surface area (Å²) in [6, 6.07) is 13.1. The van der Waals surface area contributed by atoms with Crippen LogP contribution >= 0.6 is 34.5 Å². The van der Waals surface area contributed by atoms with Crippen LogP contribution in [0.25, 0.3) is 22.4 Å². The number of aryl methyl sites for hydroxylation is 1. The molecule has 0 radical (unpaired) electrons.